The van der Waals surface area contributed by atoms with E-state index in [-0.39, 0.29) is 6.54 Å². The normalized spacial score (nSPS) is 20.0. The molecule has 0 unspecified atom stereocenters. The second kappa shape index (κ2) is 4.78. The van der Waals surface area contributed by atoms with Gasteiger partial charge in [-0.2, -0.15) is 0 Å². The van der Waals surface area contributed by atoms with Crippen LogP contribution in [0.1, 0.15) is 11.5 Å². The van der Waals surface area contributed by atoms with Crippen LogP contribution in [0.2, 0.25) is 0 Å². The van der Waals surface area contributed by atoms with Crippen molar-refractivity contribution in [2.24, 2.45) is 0 Å². The molecule has 5 nitrogen and oxygen atoms in total. The van der Waals surface area contributed by atoms with Crippen molar-refractivity contribution in [3.63, 3.8) is 0 Å². The summed E-state index contributed by atoms with van der Waals surface area (Å²) in [4.78, 5) is 21.3. The third-order valence-corrected chi connectivity index (χ3v) is 2.64. The molecule has 1 aromatic rings. The number of nitrogens with zero attached hydrogens (tertiary/aromatic N) is 1. The summed E-state index contributed by atoms with van der Waals surface area (Å²) in [6.07, 6.45) is 2.33. The van der Waals surface area contributed by atoms with Crippen LogP contribution in [-0.2, 0) is 9.53 Å². The van der Waals surface area contributed by atoms with Crippen LogP contribution in [0, 0.1) is 10.1 Å². The SMILES string of the molecule is O=C1C=C[C@@H]([C@H](C[N+](=O)[O-])c2ccccc2)O1. The number of carbonyl (C=O) groups excluding carboxylic acids is 1. The van der Waals surface area contributed by atoms with Crippen LogP contribution in [-0.4, -0.2) is 23.5 Å². The Kier molecular flexibility index (Phi) is 3.18. The number of hydrogen-bond acceptors (Lipinski definition) is 4. The molecule has 17 heavy (non-hydrogen) atoms. The Hall–Kier alpha value is -2.17. The van der Waals surface area contributed by atoms with Crippen LogP contribution in [0.15, 0.2) is 42.5 Å². The molecule has 0 saturated heterocycles. The van der Waals surface area contributed by atoms with Crippen molar-refractivity contribution < 1.29 is 14.5 Å². The summed E-state index contributed by atoms with van der Waals surface area (Å²) in [6.45, 7) is -0.258. The molecule has 0 bridgehead atoms. The van der Waals surface area contributed by atoms with Crippen molar-refractivity contribution in [3.8, 4) is 0 Å². The minimum atomic E-state index is -0.546. The van der Waals surface area contributed by atoms with Gasteiger partial charge in [0.25, 0.3) is 0 Å². The standard InChI is InChI=1S/C12H11NO4/c14-12-7-6-11(17-12)10(8-13(15)16)9-4-2-1-3-5-9/h1-7,10-11H,8H2/t10-,11+/m1/s1. The first-order valence-corrected chi connectivity index (χ1v) is 5.22. The van der Waals surface area contributed by atoms with E-state index >= 15 is 0 Å². The molecule has 1 aromatic carbocycles. The number of hydrogen-bond donors (Lipinski definition) is 0. The molecule has 5 heteroatoms. The molecule has 1 aliphatic rings. The average molecular weight is 233 g/mol. The van der Waals surface area contributed by atoms with Gasteiger partial charge in [-0.3, -0.25) is 10.1 Å². The lowest BCUT2D eigenvalue weighted by atomic mass is 9.93. The maximum absolute atomic E-state index is 11.0. The van der Waals surface area contributed by atoms with Crippen molar-refractivity contribution in [2.75, 3.05) is 6.54 Å². The van der Waals surface area contributed by atoms with E-state index in [1.165, 1.54) is 6.08 Å². The molecule has 0 saturated carbocycles. The van der Waals surface area contributed by atoms with Crippen molar-refractivity contribution in [1.29, 1.82) is 0 Å². The van der Waals surface area contributed by atoms with E-state index in [2.05, 4.69) is 0 Å². The third kappa shape index (κ3) is 2.69. The molecule has 0 radical (unpaired) electrons. The Balaban J connectivity index is 2.23. The van der Waals surface area contributed by atoms with Crippen molar-refractivity contribution >= 4 is 5.97 Å². The molecular formula is C12H11NO4. The molecule has 2 atom stereocenters. The van der Waals surface area contributed by atoms with Crippen LogP contribution in [0.5, 0.6) is 0 Å². The second-order valence-electron chi connectivity index (χ2n) is 3.79. The Labute approximate surface area is 97.9 Å². The minimum absolute atomic E-state index is 0.258. The van der Waals surface area contributed by atoms with Gasteiger partial charge in [0.05, 0.1) is 5.92 Å². The Morgan fingerprint density at radius 1 is 1.35 bits per heavy atom. The summed E-state index contributed by atoms with van der Waals surface area (Å²) in [5.41, 5.74) is 0.800. The van der Waals surface area contributed by atoms with Gasteiger partial charge in [-0.05, 0) is 11.6 Å². The van der Waals surface area contributed by atoms with Gasteiger partial charge in [0.15, 0.2) is 0 Å². The van der Waals surface area contributed by atoms with E-state index in [0.29, 0.717) is 0 Å². The molecular weight excluding hydrogens is 222 g/mol. The van der Waals surface area contributed by atoms with Gasteiger partial charge in [-0.1, -0.05) is 30.3 Å². The highest BCUT2D eigenvalue weighted by atomic mass is 16.6. The first kappa shape index (κ1) is 11.3. The maximum atomic E-state index is 11.0. The number of nitro groups is 1. The molecule has 0 amide bonds. The fraction of sp³-hybridized carbons (Fsp3) is 0.250. The molecule has 1 heterocycles. The predicted molar refractivity (Wildman–Crippen MR) is 60.1 cm³/mol. The molecule has 0 spiro atoms. The Bertz CT molecular complexity index is 455. The van der Waals surface area contributed by atoms with Crippen molar-refractivity contribution in [3.05, 3.63) is 58.2 Å². The van der Waals surface area contributed by atoms with E-state index < -0.39 is 22.9 Å². The van der Waals surface area contributed by atoms with Gasteiger partial charge in [0.1, 0.15) is 6.10 Å². The zero-order valence-corrected chi connectivity index (χ0v) is 8.98. The second-order valence-corrected chi connectivity index (χ2v) is 3.79. The van der Waals surface area contributed by atoms with E-state index in [4.69, 9.17) is 4.74 Å². The molecule has 0 aromatic heterocycles. The number of cyclic esters (lactones) is 1. The van der Waals surface area contributed by atoms with Gasteiger partial charge >= 0.3 is 5.97 Å². The van der Waals surface area contributed by atoms with E-state index in [9.17, 15) is 14.9 Å². The third-order valence-electron chi connectivity index (χ3n) is 2.64. The largest absolute Gasteiger partial charge is 0.454 e. The fourth-order valence-electron chi connectivity index (χ4n) is 1.86. The van der Waals surface area contributed by atoms with Crippen LogP contribution in [0.3, 0.4) is 0 Å². The maximum Gasteiger partial charge on any atom is 0.331 e. The van der Waals surface area contributed by atoms with E-state index in [1.807, 2.05) is 18.2 Å². The molecule has 2 rings (SSSR count). The van der Waals surface area contributed by atoms with Crippen LogP contribution in [0.25, 0.3) is 0 Å². The smallest absolute Gasteiger partial charge is 0.331 e. The lowest BCUT2D eigenvalue weighted by Gasteiger charge is -2.18. The van der Waals surface area contributed by atoms with E-state index in [0.717, 1.165) is 5.56 Å². The fourth-order valence-corrected chi connectivity index (χ4v) is 1.86. The molecule has 0 N–H and O–H groups in total. The summed E-state index contributed by atoms with van der Waals surface area (Å²) >= 11 is 0. The number of ether oxygens (including phenoxy) is 1. The van der Waals surface area contributed by atoms with Gasteiger partial charge < -0.3 is 4.74 Å². The van der Waals surface area contributed by atoms with E-state index in [1.54, 1.807) is 18.2 Å². The molecule has 1 aliphatic heterocycles. The van der Waals surface area contributed by atoms with Gasteiger partial charge in [0, 0.05) is 11.0 Å². The van der Waals surface area contributed by atoms with Crippen LogP contribution in [0.4, 0.5) is 0 Å². The van der Waals surface area contributed by atoms with Crippen LogP contribution < -0.4 is 0 Å². The Morgan fingerprint density at radius 3 is 2.59 bits per heavy atom. The van der Waals surface area contributed by atoms with Crippen molar-refractivity contribution in [2.45, 2.75) is 12.0 Å². The number of benzene rings is 1. The highest BCUT2D eigenvalue weighted by molar-refractivity contribution is 5.84. The van der Waals surface area contributed by atoms with Gasteiger partial charge in [-0.25, -0.2) is 4.79 Å². The first-order chi connectivity index (χ1) is 8.16. The van der Waals surface area contributed by atoms with Crippen molar-refractivity contribution in [1.82, 2.24) is 0 Å². The summed E-state index contributed by atoms with van der Waals surface area (Å²) in [5.74, 6) is -0.881. The summed E-state index contributed by atoms with van der Waals surface area (Å²) in [6, 6.07) is 9.05. The zero-order chi connectivity index (χ0) is 12.3. The summed E-state index contributed by atoms with van der Waals surface area (Å²) in [7, 11) is 0. The van der Waals surface area contributed by atoms with Gasteiger partial charge in [-0.15, -0.1) is 0 Å². The quantitative estimate of drug-likeness (QED) is 0.449. The first-order valence-electron chi connectivity index (χ1n) is 5.22. The molecule has 0 aliphatic carbocycles. The lowest BCUT2D eigenvalue weighted by molar-refractivity contribution is -0.484. The lowest BCUT2D eigenvalue weighted by Crippen LogP contribution is -2.25. The number of rotatable bonds is 4. The highest BCUT2D eigenvalue weighted by Crippen LogP contribution is 2.26. The summed E-state index contributed by atoms with van der Waals surface area (Å²) in [5, 5.41) is 10.7. The topological polar surface area (TPSA) is 69.4 Å². The highest BCUT2D eigenvalue weighted by Gasteiger charge is 2.31. The monoisotopic (exact) mass is 233 g/mol. The molecule has 88 valence electrons. The molecule has 0 fully saturated rings. The van der Waals surface area contributed by atoms with Gasteiger partial charge in [0.2, 0.25) is 6.54 Å². The predicted octanol–water partition coefficient (Wildman–Crippen LogP) is 1.53. The average Bonchev–Trinajstić information content (AvgIpc) is 2.73. The number of carbonyl (C=O) groups is 1. The summed E-state index contributed by atoms with van der Waals surface area (Å²) < 4.78 is 5.02. The Morgan fingerprint density at radius 2 is 2.06 bits per heavy atom. The zero-order valence-electron chi connectivity index (χ0n) is 8.98. The minimum Gasteiger partial charge on any atom is -0.454 e. The van der Waals surface area contributed by atoms with Crippen LogP contribution >= 0.6 is 0 Å². The number of esters is 1.